The molecule has 0 N–H and O–H groups in total. The van der Waals surface area contributed by atoms with Gasteiger partial charge in [0.1, 0.15) is 0 Å². The fourth-order valence-corrected chi connectivity index (χ4v) is 10.1. The summed E-state index contributed by atoms with van der Waals surface area (Å²) in [5, 5.41) is 0. The Bertz CT molecular complexity index is 1040. The van der Waals surface area contributed by atoms with E-state index in [1.807, 2.05) is 6.92 Å². The number of hydrogen-bond donors (Lipinski definition) is 0. The number of esters is 3. The van der Waals surface area contributed by atoms with E-state index in [-0.39, 0.29) is 17.9 Å². The molecule has 0 heterocycles. The van der Waals surface area contributed by atoms with Crippen LogP contribution in [0, 0.1) is 11.8 Å². The average Bonchev–Trinajstić information content (AvgIpc) is 3.33. The lowest BCUT2D eigenvalue weighted by Gasteiger charge is -2.33. The van der Waals surface area contributed by atoms with Crippen LogP contribution in [0.1, 0.15) is 304 Å². The first kappa shape index (κ1) is 67.3. The van der Waals surface area contributed by atoms with Gasteiger partial charge in [0.05, 0.1) is 19.8 Å². The number of nitrogens with zero attached hydrogens (tertiary/aromatic N) is 2. The third-order valence-electron chi connectivity index (χ3n) is 14.6. The van der Waals surface area contributed by atoms with E-state index in [9.17, 15) is 14.4 Å². The minimum Gasteiger partial charge on any atom is -0.466 e. The molecule has 0 amide bonds. The molecule has 8 heteroatoms. The van der Waals surface area contributed by atoms with Crippen LogP contribution in [0.4, 0.5) is 0 Å². The Morgan fingerprint density at radius 3 is 1.03 bits per heavy atom. The molecule has 0 fully saturated rings. The Labute approximate surface area is 430 Å². The minimum atomic E-state index is -0.0665. The van der Waals surface area contributed by atoms with Crippen molar-refractivity contribution < 1.29 is 28.6 Å². The molecule has 0 saturated carbocycles. The number of unbranched alkanes of at least 4 members (excludes halogenated alkanes) is 25. The van der Waals surface area contributed by atoms with Crippen LogP contribution < -0.4 is 0 Å². The molecule has 410 valence electrons. The maximum atomic E-state index is 13.0. The third kappa shape index (κ3) is 47.1. The lowest BCUT2D eigenvalue weighted by Crippen LogP contribution is -2.38. The summed E-state index contributed by atoms with van der Waals surface area (Å²) in [5.41, 5.74) is 0. The molecule has 0 aliphatic carbocycles. The molecule has 0 aromatic rings. The van der Waals surface area contributed by atoms with Gasteiger partial charge in [0, 0.05) is 25.3 Å². The quantitative estimate of drug-likeness (QED) is 0.0338. The van der Waals surface area contributed by atoms with Gasteiger partial charge in [-0.25, -0.2) is 0 Å². The minimum absolute atomic E-state index is 0.00177. The van der Waals surface area contributed by atoms with Crippen LogP contribution in [-0.4, -0.2) is 87.3 Å². The van der Waals surface area contributed by atoms with E-state index in [4.69, 9.17) is 14.2 Å². The molecule has 0 aromatic heterocycles. The smallest absolute Gasteiger partial charge is 0.305 e. The van der Waals surface area contributed by atoms with E-state index < -0.39 is 0 Å². The molecule has 2 atom stereocenters. The first-order valence-corrected chi connectivity index (χ1v) is 30.6. The van der Waals surface area contributed by atoms with Crippen LogP contribution in [0.15, 0.2) is 0 Å². The molecule has 0 radical (unpaired) electrons. The number of ether oxygens (including phenoxy) is 3. The van der Waals surface area contributed by atoms with Gasteiger partial charge in [-0.15, -0.1) is 0 Å². The van der Waals surface area contributed by atoms with Crippen molar-refractivity contribution in [2.24, 2.45) is 11.8 Å². The van der Waals surface area contributed by atoms with Crippen molar-refractivity contribution in [2.75, 3.05) is 53.6 Å². The summed E-state index contributed by atoms with van der Waals surface area (Å²) in [4.78, 5) is 42.9. The van der Waals surface area contributed by atoms with Crippen LogP contribution in [0.2, 0.25) is 0 Å². The topological polar surface area (TPSA) is 85.4 Å². The Morgan fingerprint density at radius 2 is 0.638 bits per heavy atom. The lowest BCUT2D eigenvalue weighted by molar-refractivity contribution is -0.146. The lowest BCUT2D eigenvalue weighted by atomic mass is 9.95. The van der Waals surface area contributed by atoms with Crippen molar-refractivity contribution in [1.29, 1.82) is 0 Å². The van der Waals surface area contributed by atoms with Gasteiger partial charge in [0.2, 0.25) is 0 Å². The van der Waals surface area contributed by atoms with Crippen molar-refractivity contribution in [3.05, 3.63) is 0 Å². The van der Waals surface area contributed by atoms with Crippen molar-refractivity contribution >= 4 is 17.9 Å². The Hall–Kier alpha value is -1.67. The molecule has 8 nitrogen and oxygen atoms in total. The number of carbonyl (C=O) groups excluding carboxylic acids is 3. The van der Waals surface area contributed by atoms with Gasteiger partial charge in [-0.2, -0.15) is 0 Å². The molecule has 0 aromatic carbocycles. The van der Waals surface area contributed by atoms with Crippen LogP contribution in [0.5, 0.6) is 0 Å². The van der Waals surface area contributed by atoms with Crippen LogP contribution >= 0.6 is 0 Å². The molecule has 0 saturated heterocycles. The van der Waals surface area contributed by atoms with E-state index in [2.05, 4.69) is 51.6 Å². The molecule has 69 heavy (non-hydrogen) atoms. The van der Waals surface area contributed by atoms with Crippen LogP contribution in [-0.2, 0) is 28.6 Å². The first-order chi connectivity index (χ1) is 33.7. The standard InChI is InChI=1S/C61H120N2O6/c1-8-13-17-21-25-33-44-56(42-31-19-15-10-3)54-68-60(65)49-38-29-35-46-58(63(53-41-51-62(6)7)52-40-28-24-23-27-37-48-59(64)67-12-5)47-36-30-39-50-61(66)69-55-57(43-32-20-16-11-4)45-34-26-22-18-14-9-2/h56-58H,8-55H2,1-7H3. The second kappa shape index (κ2) is 52.6. The molecule has 0 aliphatic heterocycles. The largest absolute Gasteiger partial charge is 0.466 e. The normalized spacial score (nSPS) is 13.0. The highest BCUT2D eigenvalue weighted by molar-refractivity contribution is 5.69. The number of hydrogen-bond acceptors (Lipinski definition) is 8. The molecule has 0 spiro atoms. The van der Waals surface area contributed by atoms with E-state index >= 15 is 0 Å². The monoisotopic (exact) mass is 977 g/mol. The zero-order valence-electron chi connectivity index (χ0n) is 47.5. The van der Waals surface area contributed by atoms with E-state index in [1.54, 1.807) is 0 Å². The Balaban J connectivity index is 5.32. The maximum absolute atomic E-state index is 13.0. The second-order valence-corrected chi connectivity index (χ2v) is 21.6. The van der Waals surface area contributed by atoms with Gasteiger partial charge in [-0.05, 0) is 123 Å². The number of carbonyl (C=O) groups is 3. The summed E-state index contributed by atoms with van der Waals surface area (Å²) >= 11 is 0. The van der Waals surface area contributed by atoms with Crippen molar-refractivity contribution in [3.8, 4) is 0 Å². The van der Waals surface area contributed by atoms with E-state index in [0.717, 1.165) is 90.3 Å². The molecule has 0 aliphatic rings. The summed E-state index contributed by atoms with van der Waals surface area (Å²) in [7, 11) is 4.35. The predicted octanol–water partition coefficient (Wildman–Crippen LogP) is 17.6. The van der Waals surface area contributed by atoms with Crippen LogP contribution in [0.3, 0.4) is 0 Å². The summed E-state index contributed by atoms with van der Waals surface area (Å²) in [6.45, 7) is 16.0. The van der Waals surface area contributed by atoms with E-state index in [1.165, 1.54) is 180 Å². The summed E-state index contributed by atoms with van der Waals surface area (Å²) in [6, 6.07) is 0.515. The van der Waals surface area contributed by atoms with Crippen LogP contribution in [0.25, 0.3) is 0 Å². The fraction of sp³-hybridized carbons (Fsp3) is 0.951. The number of rotatable bonds is 55. The second-order valence-electron chi connectivity index (χ2n) is 21.6. The van der Waals surface area contributed by atoms with Crippen molar-refractivity contribution in [3.63, 3.8) is 0 Å². The van der Waals surface area contributed by atoms with Gasteiger partial charge < -0.3 is 24.0 Å². The zero-order chi connectivity index (χ0) is 50.7. The highest BCUT2D eigenvalue weighted by Crippen LogP contribution is 2.24. The third-order valence-corrected chi connectivity index (χ3v) is 14.6. The maximum Gasteiger partial charge on any atom is 0.305 e. The first-order valence-electron chi connectivity index (χ1n) is 30.6. The Morgan fingerprint density at radius 1 is 0.333 bits per heavy atom. The van der Waals surface area contributed by atoms with Gasteiger partial charge in [0.25, 0.3) is 0 Å². The molecule has 0 rings (SSSR count). The molecule has 0 bridgehead atoms. The highest BCUT2D eigenvalue weighted by atomic mass is 16.5. The van der Waals surface area contributed by atoms with Crippen molar-refractivity contribution in [1.82, 2.24) is 9.80 Å². The summed E-state index contributed by atoms with van der Waals surface area (Å²) in [6.07, 6.45) is 48.8. The summed E-state index contributed by atoms with van der Waals surface area (Å²) < 4.78 is 17.0. The van der Waals surface area contributed by atoms with Gasteiger partial charge >= 0.3 is 17.9 Å². The highest BCUT2D eigenvalue weighted by Gasteiger charge is 2.19. The molecular weight excluding hydrogens is 857 g/mol. The SMILES string of the molecule is CCCCCCCCC(CCCCCC)COC(=O)CCCCCC(CCCCCC(=O)OCC(CCCCCC)CCCCCCCC)N(CCCCCCCCC(=O)OCC)CCCN(C)C. The molecular formula is C61H120N2O6. The van der Waals surface area contributed by atoms with Gasteiger partial charge in [-0.3, -0.25) is 14.4 Å². The zero-order valence-corrected chi connectivity index (χ0v) is 47.5. The molecule has 2 unspecified atom stereocenters. The van der Waals surface area contributed by atoms with Crippen molar-refractivity contribution in [2.45, 2.75) is 310 Å². The fourth-order valence-electron chi connectivity index (χ4n) is 10.1. The predicted molar refractivity (Wildman–Crippen MR) is 296 cm³/mol. The van der Waals surface area contributed by atoms with Gasteiger partial charge in [-0.1, -0.05) is 207 Å². The van der Waals surface area contributed by atoms with Gasteiger partial charge in [0.15, 0.2) is 0 Å². The Kier molecular flexibility index (Phi) is 51.4. The van der Waals surface area contributed by atoms with E-state index in [0.29, 0.717) is 57.0 Å². The summed E-state index contributed by atoms with van der Waals surface area (Å²) in [5.74, 6) is 0.949. The average molecular weight is 978 g/mol.